The first-order valence-corrected chi connectivity index (χ1v) is 9.62. The molecule has 0 aromatic heterocycles. The van der Waals surface area contributed by atoms with Crippen LogP contribution in [0.1, 0.15) is 19.3 Å². The molecule has 1 saturated carbocycles. The molecule has 0 radical (unpaired) electrons. The highest BCUT2D eigenvalue weighted by Crippen LogP contribution is 2.47. The zero-order valence-corrected chi connectivity index (χ0v) is 14.6. The Labute approximate surface area is 149 Å². The maximum Gasteiger partial charge on any atom is 0.418 e. The lowest BCUT2D eigenvalue weighted by Gasteiger charge is -2.50. The van der Waals surface area contributed by atoms with Gasteiger partial charge in [0.2, 0.25) is 0 Å². The molecule has 12 nitrogen and oxygen atoms in total. The van der Waals surface area contributed by atoms with Crippen LogP contribution in [0.25, 0.3) is 0 Å². The predicted molar refractivity (Wildman–Crippen MR) is 82.2 cm³/mol. The molecule has 4 N–H and O–H groups in total. The molecule has 1 aliphatic carbocycles. The van der Waals surface area contributed by atoms with Gasteiger partial charge in [0.1, 0.15) is 12.1 Å². The molecule has 4 rings (SSSR count). The average molecular weight is 392 g/mol. The van der Waals surface area contributed by atoms with Crippen LogP contribution in [-0.2, 0) is 29.1 Å². The highest BCUT2D eigenvalue weighted by molar-refractivity contribution is 7.80. The number of carbonyl (C=O) groups excluding carboxylic acids is 2. The SMILES string of the molecule is NC1CCC1ONC(=O)[C@@H]1CC2(COC2)[C@H]2CN1C(=O)N2OS(=O)(=O)O. The van der Waals surface area contributed by atoms with Crippen molar-refractivity contribution in [2.24, 2.45) is 11.1 Å². The number of nitrogens with one attached hydrogen (secondary N) is 1. The number of ether oxygens (including phenoxy) is 1. The number of hydrogen-bond donors (Lipinski definition) is 3. The molecule has 3 aliphatic heterocycles. The number of fused-ring (bicyclic) bond motifs is 3. The average Bonchev–Trinajstić information content (AvgIpc) is 2.78. The Morgan fingerprint density at radius 3 is 2.62 bits per heavy atom. The maximum absolute atomic E-state index is 12.6. The van der Waals surface area contributed by atoms with E-state index in [1.54, 1.807) is 0 Å². The zero-order chi connectivity index (χ0) is 18.7. The number of hydrogen-bond acceptors (Lipinski definition) is 8. The van der Waals surface area contributed by atoms with E-state index in [1.165, 1.54) is 4.90 Å². The molecule has 3 amide bonds. The van der Waals surface area contributed by atoms with Gasteiger partial charge in [-0.15, -0.1) is 4.28 Å². The van der Waals surface area contributed by atoms with Gasteiger partial charge in [0, 0.05) is 18.0 Å². The van der Waals surface area contributed by atoms with Gasteiger partial charge in [-0.1, -0.05) is 0 Å². The molecule has 26 heavy (non-hydrogen) atoms. The number of amides is 3. The molecule has 0 aromatic carbocycles. The summed E-state index contributed by atoms with van der Waals surface area (Å²) in [5.41, 5.74) is 7.49. The second kappa shape index (κ2) is 6.00. The predicted octanol–water partition coefficient (Wildman–Crippen LogP) is -1.85. The number of hydroxylamine groups is 3. The number of piperidine rings is 1. The van der Waals surface area contributed by atoms with E-state index >= 15 is 0 Å². The van der Waals surface area contributed by atoms with Crippen LogP contribution < -0.4 is 11.2 Å². The van der Waals surface area contributed by atoms with Crippen LogP contribution in [0.3, 0.4) is 0 Å². The van der Waals surface area contributed by atoms with Crippen LogP contribution in [0, 0.1) is 5.41 Å². The van der Waals surface area contributed by atoms with Gasteiger partial charge in [-0.3, -0.25) is 14.2 Å². The minimum Gasteiger partial charge on any atom is -0.380 e. The van der Waals surface area contributed by atoms with E-state index in [-0.39, 0.29) is 38.3 Å². The van der Waals surface area contributed by atoms with Gasteiger partial charge in [-0.25, -0.2) is 10.3 Å². The summed E-state index contributed by atoms with van der Waals surface area (Å²) in [4.78, 5) is 31.6. The molecular formula is C13H20N4O8S. The molecule has 2 bridgehead atoms. The van der Waals surface area contributed by atoms with Crippen molar-refractivity contribution in [3.05, 3.63) is 0 Å². The fourth-order valence-electron chi connectivity index (χ4n) is 3.87. The fraction of sp³-hybridized carbons (Fsp3) is 0.846. The molecule has 3 heterocycles. The van der Waals surface area contributed by atoms with Gasteiger partial charge in [0.15, 0.2) is 0 Å². The van der Waals surface area contributed by atoms with Crippen molar-refractivity contribution < 1.29 is 36.4 Å². The molecule has 1 spiro atoms. The fourth-order valence-corrected chi connectivity index (χ4v) is 4.24. The topological polar surface area (TPSA) is 161 Å². The zero-order valence-electron chi connectivity index (χ0n) is 13.7. The van der Waals surface area contributed by atoms with Crippen LogP contribution in [0.5, 0.6) is 0 Å². The van der Waals surface area contributed by atoms with Gasteiger partial charge in [0.05, 0.1) is 19.3 Å². The standard InChI is InChI=1S/C13H20N4O8S/c14-7-1-2-9(7)24-15-11(18)8-3-13(5-23-6-13)10-4-16(8)12(19)17(10)25-26(20,21)22/h7-10H,1-6,14H2,(H,15,18)(H,20,21,22)/t7?,8-,9?,10+/m0/s1. The van der Waals surface area contributed by atoms with Crippen molar-refractivity contribution in [1.82, 2.24) is 15.4 Å². The third kappa shape index (κ3) is 2.84. The summed E-state index contributed by atoms with van der Waals surface area (Å²) >= 11 is 0. The van der Waals surface area contributed by atoms with Gasteiger partial charge < -0.3 is 15.4 Å². The number of nitrogens with two attached hydrogens (primary N) is 1. The van der Waals surface area contributed by atoms with E-state index < -0.39 is 39.8 Å². The number of urea groups is 1. The lowest BCUT2D eigenvalue weighted by atomic mass is 9.71. The smallest absolute Gasteiger partial charge is 0.380 e. The van der Waals surface area contributed by atoms with Crippen molar-refractivity contribution in [3.8, 4) is 0 Å². The van der Waals surface area contributed by atoms with Gasteiger partial charge in [0.25, 0.3) is 5.91 Å². The van der Waals surface area contributed by atoms with E-state index in [9.17, 15) is 18.0 Å². The molecule has 146 valence electrons. The highest BCUT2D eigenvalue weighted by Gasteiger charge is 2.63. The quantitative estimate of drug-likeness (QED) is 0.360. The Balaban J connectivity index is 1.51. The number of nitrogens with zero attached hydrogens (tertiary/aromatic N) is 2. The molecular weight excluding hydrogens is 372 g/mol. The van der Waals surface area contributed by atoms with Crippen molar-refractivity contribution >= 4 is 22.3 Å². The summed E-state index contributed by atoms with van der Waals surface area (Å²) in [6.45, 7) is 0.587. The molecule has 2 unspecified atom stereocenters. The molecule has 4 atom stereocenters. The monoisotopic (exact) mass is 392 g/mol. The van der Waals surface area contributed by atoms with Crippen molar-refractivity contribution in [1.29, 1.82) is 0 Å². The molecule has 0 aromatic rings. The third-order valence-electron chi connectivity index (χ3n) is 5.60. The van der Waals surface area contributed by atoms with E-state index in [4.69, 9.17) is 19.9 Å². The Kier molecular flexibility index (Phi) is 4.13. The van der Waals surface area contributed by atoms with E-state index in [1.807, 2.05) is 0 Å². The largest absolute Gasteiger partial charge is 0.418 e. The molecule has 4 aliphatic rings. The van der Waals surface area contributed by atoms with Gasteiger partial charge in [-0.2, -0.15) is 13.5 Å². The first kappa shape index (κ1) is 17.9. The highest BCUT2D eigenvalue weighted by atomic mass is 32.3. The summed E-state index contributed by atoms with van der Waals surface area (Å²) in [5, 5.41) is 0.619. The minimum atomic E-state index is -4.88. The third-order valence-corrected chi connectivity index (χ3v) is 5.95. The summed E-state index contributed by atoms with van der Waals surface area (Å²) in [6.07, 6.45) is 1.56. The lowest BCUT2D eigenvalue weighted by molar-refractivity contribution is -0.195. The van der Waals surface area contributed by atoms with Crippen molar-refractivity contribution in [2.75, 3.05) is 19.8 Å². The Hall–Kier alpha value is -1.51. The first-order chi connectivity index (χ1) is 12.2. The maximum atomic E-state index is 12.6. The normalized spacial score (nSPS) is 35.2. The number of rotatable bonds is 5. The Morgan fingerprint density at radius 2 is 2.12 bits per heavy atom. The lowest BCUT2D eigenvalue weighted by Crippen LogP contribution is -2.63. The van der Waals surface area contributed by atoms with Crippen molar-refractivity contribution in [3.63, 3.8) is 0 Å². The molecule has 4 fully saturated rings. The van der Waals surface area contributed by atoms with Crippen LogP contribution >= 0.6 is 0 Å². The first-order valence-electron chi connectivity index (χ1n) is 8.26. The van der Waals surface area contributed by atoms with Crippen LogP contribution in [-0.4, -0.2) is 78.9 Å². The van der Waals surface area contributed by atoms with Gasteiger partial charge >= 0.3 is 16.4 Å². The molecule has 13 heteroatoms. The van der Waals surface area contributed by atoms with Crippen LogP contribution in [0.2, 0.25) is 0 Å². The minimum absolute atomic E-state index is 0.0821. The summed E-state index contributed by atoms with van der Waals surface area (Å²) < 4.78 is 40.8. The van der Waals surface area contributed by atoms with Crippen LogP contribution in [0.4, 0.5) is 4.79 Å². The Bertz CT molecular complexity index is 726. The molecule has 3 saturated heterocycles. The summed E-state index contributed by atoms with van der Waals surface area (Å²) in [5.74, 6) is -0.518. The second-order valence-corrected chi connectivity index (χ2v) is 8.22. The Morgan fingerprint density at radius 1 is 1.38 bits per heavy atom. The summed E-state index contributed by atoms with van der Waals surface area (Å²) in [7, 11) is -4.88. The second-order valence-electron chi connectivity index (χ2n) is 7.22. The van der Waals surface area contributed by atoms with E-state index in [0.717, 1.165) is 12.8 Å². The van der Waals surface area contributed by atoms with E-state index in [2.05, 4.69) is 9.76 Å². The van der Waals surface area contributed by atoms with Crippen LogP contribution in [0.15, 0.2) is 0 Å². The van der Waals surface area contributed by atoms with Crippen molar-refractivity contribution in [2.45, 2.75) is 43.5 Å². The van der Waals surface area contributed by atoms with Gasteiger partial charge in [-0.05, 0) is 19.3 Å². The summed E-state index contributed by atoms with van der Waals surface area (Å²) in [6, 6.07) is -2.45. The number of carbonyl (C=O) groups is 2. The van der Waals surface area contributed by atoms with E-state index in [0.29, 0.717) is 5.06 Å².